The van der Waals surface area contributed by atoms with Crippen LogP contribution in [0.5, 0.6) is 0 Å². The molecule has 0 amide bonds. The van der Waals surface area contributed by atoms with Crippen LogP contribution in [-0.2, 0) is 11.3 Å². The van der Waals surface area contributed by atoms with Crippen molar-refractivity contribution in [2.24, 2.45) is 0 Å². The second kappa shape index (κ2) is 3.01. The largest absolute Gasteiger partial charge is 0.480 e. The minimum absolute atomic E-state index is 0.153. The van der Waals surface area contributed by atoms with Crippen LogP contribution in [0.1, 0.15) is 0 Å². The van der Waals surface area contributed by atoms with Crippen molar-refractivity contribution in [1.29, 1.82) is 5.41 Å². The molecule has 1 aromatic rings. The first-order valence-corrected chi connectivity index (χ1v) is 3.12. The van der Waals surface area contributed by atoms with Crippen LogP contribution < -0.4 is 5.49 Å². The minimum Gasteiger partial charge on any atom is -0.480 e. The molecule has 0 aliphatic heterocycles. The predicted octanol–water partition coefficient (Wildman–Crippen LogP) is 0.0522. The SMILES string of the molecule is N=c1ccccn1CC(=O)O. The summed E-state index contributed by atoms with van der Waals surface area (Å²) >= 11 is 0. The number of carbonyl (C=O) groups is 1. The van der Waals surface area contributed by atoms with Gasteiger partial charge in [-0.1, -0.05) is 6.07 Å². The first kappa shape index (κ1) is 7.53. The van der Waals surface area contributed by atoms with Crippen LogP contribution in [0, 0.1) is 5.41 Å². The molecule has 0 saturated heterocycles. The molecule has 11 heavy (non-hydrogen) atoms. The zero-order valence-corrected chi connectivity index (χ0v) is 5.82. The number of pyridine rings is 1. The van der Waals surface area contributed by atoms with Gasteiger partial charge in [0.25, 0.3) is 0 Å². The standard InChI is InChI=1S/C7H8N2O2/c8-6-3-1-2-4-9(6)5-7(10)11/h1-4,8H,5H2,(H,10,11). The highest BCUT2D eigenvalue weighted by Gasteiger charge is 1.96. The van der Waals surface area contributed by atoms with Gasteiger partial charge in [0.05, 0.1) is 0 Å². The average Bonchev–Trinajstić information content (AvgIpc) is 1.93. The average molecular weight is 152 g/mol. The zero-order chi connectivity index (χ0) is 8.27. The third-order valence-electron chi connectivity index (χ3n) is 1.25. The van der Waals surface area contributed by atoms with E-state index in [1.807, 2.05) is 0 Å². The van der Waals surface area contributed by atoms with E-state index in [2.05, 4.69) is 0 Å². The first-order chi connectivity index (χ1) is 5.20. The monoisotopic (exact) mass is 152 g/mol. The quantitative estimate of drug-likeness (QED) is 0.628. The number of rotatable bonds is 2. The van der Waals surface area contributed by atoms with Crippen LogP contribution in [0.4, 0.5) is 0 Å². The highest BCUT2D eigenvalue weighted by Crippen LogP contribution is 1.80. The Kier molecular flexibility index (Phi) is 2.06. The summed E-state index contributed by atoms with van der Waals surface area (Å²) in [6, 6.07) is 4.94. The summed E-state index contributed by atoms with van der Waals surface area (Å²) in [6.45, 7) is -0.153. The Labute approximate surface area is 63.2 Å². The molecule has 0 aliphatic rings. The number of nitrogens with one attached hydrogen (secondary N) is 1. The molecule has 2 N–H and O–H groups in total. The molecule has 0 radical (unpaired) electrons. The smallest absolute Gasteiger partial charge is 0.323 e. The van der Waals surface area contributed by atoms with Crippen molar-refractivity contribution < 1.29 is 9.90 Å². The van der Waals surface area contributed by atoms with Gasteiger partial charge in [0, 0.05) is 6.20 Å². The molecule has 1 heterocycles. The number of hydrogen-bond donors (Lipinski definition) is 2. The van der Waals surface area contributed by atoms with Crippen molar-refractivity contribution in [2.75, 3.05) is 0 Å². The lowest BCUT2D eigenvalue weighted by molar-refractivity contribution is -0.137. The molecule has 0 bridgehead atoms. The molecule has 1 aromatic heterocycles. The van der Waals surface area contributed by atoms with E-state index in [-0.39, 0.29) is 12.0 Å². The van der Waals surface area contributed by atoms with Crippen molar-refractivity contribution in [2.45, 2.75) is 6.54 Å². The van der Waals surface area contributed by atoms with Gasteiger partial charge in [-0.3, -0.25) is 10.2 Å². The van der Waals surface area contributed by atoms with Crippen molar-refractivity contribution in [3.8, 4) is 0 Å². The lowest BCUT2D eigenvalue weighted by atomic mass is 10.4. The first-order valence-electron chi connectivity index (χ1n) is 3.12. The third kappa shape index (κ3) is 1.93. The molecule has 0 fully saturated rings. The topological polar surface area (TPSA) is 66.1 Å². The van der Waals surface area contributed by atoms with Crippen molar-refractivity contribution in [3.63, 3.8) is 0 Å². The number of aromatic nitrogens is 1. The molecule has 0 saturated carbocycles. The Morgan fingerprint density at radius 2 is 2.36 bits per heavy atom. The third-order valence-corrected chi connectivity index (χ3v) is 1.25. The molecule has 58 valence electrons. The second-order valence-electron chi connectivity index (χ2n) is 2.11. The number of aliphatic carboxylic acids is 1. The molecule has 0 unspecified atom stereocenters. The van der Waals surface area contributed by atoms with E-state index in [4.69, 9.17) is 10.5 Å². The Morgan fingerprint density at radius 3 is 2.91 bits per heavy atom. The summed E-state index contributed by atoms with van der Waals surface area (Å²) in [5.41, 5.74) is 0.204. The van der Waals surface area contributed by atoms with E-state index in [9.17, 15) is 4.79 Å². The van der Waals surface area contributed by atoms with Crippen LogP contribution in [0.3, 0.4) is 0 Å². The normalized spacial score (nSPS) is 9.45. The Bertz CT molecular complexity index is 316. The Hall–Kier alpha value is -1.58. The fourth-order valence-corrected chi connectivity index (χ4v) is 0.760. The lowest BCUT2D eigenvalue weighted by Crippen LogP contribution is -2.22. The van der Waals surface area contributed by atoms with Gasteiger partial charge < -0.3 is 9.67 Å². The van der Waals surface area contributed by atoms with Gasteiger partial charge in [0.1, 0.15) is 12.0 Å². The molecule has 1 rings (SSSR count). The Morgan fingerprint density at radius 1 is 1.64 bits per heavy atom. The maximum Gasteiger partial charge on any atom is 0.323 e. The Balaban J connectivity index is 2.95. The van der Waals surface area contributed by atoms with Gasteiger partial charge in [0.2, 0.25) is 0 Å². The van der Waals surface area contributed by atoms with Crippen molar-refractivity contribution >= 4 is 5.97 Å². The van der Waals surface area contributed by atoms with E-state index >= 15 is 0 Å². The summed E-state index contributed by atoms with van der Waals surface area (Å²) in [4.78, 5) is 10.2. The molecular weight excluding hydrogens is 144 g/mol. The van der Waals surface area contributed by atoms with Crippen molar-refractivity contribution in [3.05, 3.63) is 29.9 Å². The second-order valence-corrected chi connectivity index (χ2v) is 2.11. The highest BCUT2D eigenvalue weighted by atomic mass is 16.4. The number of hydrogen-bond acceptors (Lipinski definition) is 2. The maximum absolute atomic E-state index is 10.2. The van der Waals surface area contributed by atoms with E-state index in [1.54, 1.807) is 24.4 Å². The van der Waals surface area contributed by atoms with E-state index in [0.29, 0.717) is 0 Å². The molecular formula is C7H8N2O2. The van der Waals surface area contributed by atoms with Crippen molar-refractivity contribution in [1.82, 2.24) is 4.57 Å². The van der Waals surface area contributed by atoms with Crippen LogP contribution in [0.15, 0.2) is 24.4 Å². The molecule has 0 spiro atoms. The van der Waals surface area contributed by atoms with Gasteiger partial charge in [0.15, 0.2) is 0 Å². The molecule has 0 atom stereocenters. The summed E-state index contributed by atoms with van der Waals surface area (Å²) in [7, 11) is 0. The van der Waals surface area contributed by atoms with Gasteiger partial charge in [-0.25, -0.2) is 0 Å². The fraction of sp³-hybridized carbons (Fsp3) is 0.143. The summed E-state index contributed by atoms with van der Waals surface area (Å²) in [6.07, 6.45) is 1.57. The van der Waals surface area contributed by atoms with Crippen LogP contribution in [0.25, 0.3) is 0 Å². The van der Waals surface area contributed by atoms with Crippen LogP contribution >= 0.6 is 0 Å². The lowest BCUT2D eigenvalue weighted by Gasteiger charge is -2.00. The molecule has 4 nitrogen and oxygen atoms in total. The van der Waals surface area contributed by atoms with Gasteiger partial charge in [-0.2, -0.15) is 0 Å². The summed E-state index contributed by atoms with van der Waals surface area (Å²) in [5, 5.41) is 15.7. The number of carboxylic acids is 1. The van der Waals surface area contributed by atoms with E-state index in [0.717, 1.165) is 0 Å². The van der Waals surface area contributed by atoms with E-state index in [1.165, 1.54) is 4.57 Å². The predicted molar refractivity (Wildman–Crippen MR) is 37.9 cm³/mol. The van der Waals surface area contributed by atoms with Crippen LogP contribution in [0.2, 0.25) is 0 Å². The summed E-state index contributed by atoms with van der Waals surface area (Å²) < 4.78 is 1.35. The van der Waals surface area contributed by atoms with E-state index < -0.39 is 5.97 Å². The molecule has 0 aromatic carbocycles. The maximum atomic E-state index is 10.2. The van der Waals surface area contributed by atoms with Gasteiger partial charge in [-0.15, -0.1) is 0 Å². The highest BCUT2D eigenvalue weighted by molar-refractivity contribution is 5.66. The number of nitrogens with zero attached hydrogens (tertiary/aromatic N) is 1. The fourth-order valence-electron chi connectivity index (χ4n) is 0.760. The van der Waals surface area contributed by atoms with Crippen LogP contribution in [-0.4, -0.2) is 15.6 Å². The zero-order valence-electron chi connectivity index (χ0n) is 5.82. The van der Waals surface area contributed by atoms with Gasteiger partial charge in [-0.05, 0) is 12.1 Å². The van der Waals surface area contributed by atoms with Gasteiger partial charge >= 0.3 is 5.97 Å². The molecule has 0 aliphatic carbocycles. The summed E-state index contributed by atoms with van der Waals surface area (Å²) in [5.74, 6) is -0.935. The number of carboxylic acid groups (broad SMARTS) is 1. The molecule has 4 heteroatoms. The minimum atomic E-state index is -0.935.